The maximum atomic E-state index is 12.6. The molecule has 0 unspecified atom stereocenters. The predicted octanol–water partition coefficient (Wildman–Crippen LogP) is 3.89. The predicted molar refractivity (Wildman–Crippen MR) is 117 cm³/mol. The Morgan fingerprint density at radius 2 is 1.60 bits per heavy atom. The lowest BCUT2D eigenvalue weighted by molar-refractivity contribution is -0.114. The number of amides is 1. The number of nitrogens with zero attached hydrogens (tertiary/aromatic N) is 1. The van der Waals surface area contributed by atoms with E-state index in [9.17, 15) is 13.2 Å². The van der Waals surface area contributed by atoms with E-state index < -0.39 is 22.5 Å². The first-order chi connectivity index (χ1) is 14.4. The lowest BCUT2D eigenvalue weighted by Crippen LogP contribution is -2.37. The average molecular weight is 426 g/mol. The van der Waals surface area contributed by atoms with Crippen LogP contribution in [0.2, 0.25) is 0 Å². The minimum absolute atomic E-state index is 0.268. The lowest BCUT2D eigenvalue weighted by atomic mass is 10.2. The molecule has 0 aliphatic heterocycles. The van der Waals surface area contributed by atoms with E-state index in [1.807, 2.05) is 18.2 Å². The highest BCUT2D eigenvalue weighted by Crippen LogP contribution is 2.33. The molecule has 0 aliphatic carbocycles. The van der Waals surface area contributed by atoms with Crippen molar-refractivity contribution in [3.8, 4) is 17.2 Å². The summed E-state index contributed by atoms with van der Waals surface area (Å²) in [5.74, 6) is 0.958. The Kier molecular flexibility index (Phi) is 6.58. The molecule has 0 spiro atoms. The number of anilines is 2. The van der Waals surface area contributed by atoms with Gasteiger partial charge in [0.25, 0.3) is 0 Å². The van der Waals surface area contributed by atoms with Crippen molar-refractivity contribution in [3.05, 3.63) is 78.9 Å². The van der Waals surface area contributed by atoms with Gasteiger partial charge in [0.1, 0.15) is 18.0 Å². The van der Waals surface area contributed by atoms with Crippen LogP contribution in [-0.2, 0) is 14.8 Å². The summed E-state index contributed by atoms with van der Waals surface area (Å²) in [7, 11) is -2.24. The van der Waals surface area contributed by atoms with E-state index in [0.717, 1.165) is 10.6 Å². The standard InChI is InChI=1S/C22H22N2O5S/c1-28-19-12-8-9-17(15-19)23-22(25)16-24(30(2,26)27)20-13-6-7-14-21(20)29-18-10-4-3-5-11-18/h3-15H,16H2,1-2H3,(H,23,25). The van der Waals surface area contributed by atoms with Gasteiger partial charge in [-0.05, 0) is 36.4 Å². The molecular weight excluding hydrogens is 404 g/mol. The number of carbonyl (C=O) groups is 1. The first kappa shape index (κ1) is 21.2. The fourth-order valence-corrected chi connectivity index (χ4v) is 3.64. The second-order valence-corrected chi connectivity index (χ2v) is 8.34. The zero-order valence-electron chi connectivity index (χ0n) is 16.6. The molecule has 3 rings (SSSR count). The summed E-state index contributed by atoms with van der Waals surface area (Å²) in [4.78, 5) is 12.6. The van der Waals surface area contributed by atoms with Gasteiger partial charge in [-0.1, -0.05) is 36.4 Å². The third kappa shape index (κ3) is 5.51. The molecule has 1 amide bonds. The molecule has 30 heavy (non-hydrogen) atoms. The Bertz CT molecular complexity index is 1120. The van der Waals surface area contributed by atoms with Gasteiger partial charge < -0.3 is 14.8 Å². The van der Waals surface area contributed by atoms with Gasteiger partial charge in [-0.25, -0.2) is 8.42 Å². The van der Waals surface area contributed by atoms with Crippen LogP contribution in [0, 0.1) is 0 Å². The molecule has 0 bridgehead atoms. The van der Waals surface area contributed by atoms with Crippen LogP contribution in [-0.4, -0.2) is 34.2 Å². The first-order valence-electron chi connectivity index (χ1n) is 9.10. The minimum atomic E-state index is -3.77. The quantitative estimate of drug-likeness (QED) is 0.591. The topological polar surface area (TPSA) is 84.9 Å². The molecule has 0 fully saturated rings. The Balaban J connectivity index is 1.86. The first-order valence-corrected chi connectivity index (χ1v) is 11.0. The van der Waals surface area contributed by atoms with Crippen LogP contribution in [0.15, 0.2) is 78.9 Å². The number of sulfonamides is 1. The fourth-order valence-electron chi connectivity index (χ4n) is 2.78. The van der Waals surface area contributed by atoms with Crippen LogP contribution in [0.3, 0.4) is 0 Å². The molecule has 3 aromatic rings. The largest absolute Gasteiger partial charge is 0.497 e. The van der Waals surface area contributed by atoms with Crippen molar-refractivity contribution in [3.63, 3.8) is 0 Å². The number of carbonyl (C=O) groups excluding carboxylic acids is 1. The third-order valence-corrected chi connectivity index (χ3v) is 5.27. The number of para-hydroxylation sites is 3. The minimum Gasteiger partial charge on any atom is -0.497 e. The van der Waals surface area contributed by atoms with Gasteiger partial charge >= 0.3 is 0 Å². The number of hydrogen-bond acceptors (Lipinski definition) is 5. The van der Waals surface area contributed by atoms with E-state index in [0.29, 0.717) is 22.9 Å². The summed E-state index contributed by atoms with van der Waals surface area (Å²) in [5, 5.41) is 2.69. The third-order valence-electron chi connectivity index (χ3n) is 4.15. The van der Waals surface area contributed by atoms with E-state index in [1.165, 1.54) is 7.11 Å². The highest BCUT2D eigenvalue weighted by atomic mass is 32.2. The molecule has 3 aromatic carbocycles. The van der Waals surface area contributed by atoms with Crippen LogP contribution in [0.4, 0.5) is 11.4 Å². The van der Waals surface area contributed by atoms with Gasteiger partial charge in [0.05, 0.1) is 19.1 Å². The summed E-state index contributed by atoms with van der Waals surface area (Å²) < 4.78 is 37.0. The van der Waals surface area contributed by atoms with Crippen LogP contribution in [0.1, 0.15) is 0 Å². The highest BCUT2D eigenvalue weighted by molar-refractivity contribution is 7.92. The summed E-state index contributed by atoms with van der Waals surface area (Å²) in [6, 6.07) is 22.5. The summed E-state index contributed by atoms with van der Waals surface area (Å²) >= 11 is 0. The molecule has 0 heterocycles. The van der Waals surface area contributed by atoms with Crippen molar-refractivity contribution in [2.75, 3.05) is 29.5 Å². The number of benzene rings is 3. The highest BCUT2D eigenvalue weighted by Gasteiger charge is 2.24. The molecule has 0 saturated heterocycles. The molecule has 1 N–H and O–H groups in total. The van der Waals surface area contributed by atoms with E-state index >= 15 is 0 Å². The van der Waals surface area contributed by atoms with Crippen LogP contribution >= 0.6 is 0 Å². The lowest BCUT2D eigenvalue weighted by Gasteiger charge is -2.24. The molecule has 0 aliphatic rings. The summed E-state index contributed by atoms with van der Waals surface area (Å²) in [6.45, 7) is -0.412. The van der Waals surface area contributed by atoms with E-state index in [4.69, 9.17) is 9.47 Å². The SMILES string of the molecule is COc1cccc(NC(=O)CN(c2ccccc2Oc2ccccc2)S(C)(=O)=O)c1. The van der Waals surface area contributed by atoms with Crippen molar-refractivity contribution < 1.29 is 22.7 Å². The summed E-state index contributed by atoms with van der Waals surface area (Å²) in [6.07, 6.45) is 1.05. The Morgan fingerprint density at radius 3 is 2.30 bits per heavy atom. The van der Waals surface area contributed by atoms with E-state index in [2.05, 4.69) is 5.32 Å². The molecule has 8 heteroatoms. The normalized spacial score (nSPS) is 10.9. The molecule has 0 aromatic heterocycles. The van der Waals surface area contributed by atoms with Crippen LogP contribution in [0.25, 0.3) is 0 Å². The number of ether oxygens (including phenoxy) is 2. The second-order valence-electron chi connectivity index (χ2n) is 6.43. The van der Waals surface area contributed by atoms with Gasteiger partial charge in [0.2, 0.25) is 15.9 Å². The zero-order valence-corrected chi connectivity index (χ0v) is 17.4. The van der Waals surface area contributed by atoms with Gasteiger partial charge in [0.15, 0.2) is 5.75 Å². The van der Waals surface area contributed by atoms with Gasteiger partial charge in [-0.15, -0.1) is 0 Å². The fraction of sp³-hybridized carbons (Fsp3) is 0.136. The molecule has 0 saturated carbocycles. The molecular formula is C22H22N2O5S. The maximum Gasteiger partial charge on any atom is 0.245 e. The second kappa shape index (κ2) is 9.32. The Labute approximate surface area is 175 Å². The zero-order chi connectivity index (χ0) is 21.6. The molecule has 0 atom stereocenters. The van der Waals surface area contributed by atoms with Crippen molar-refractivity contribution in [2.45, 2.75) is 0 Å². The van der Waals surface area contributed by atoms with Crippen LogP contribution < -0.4 is 19.1 Å². The van der Waals surface area contributed by atoms with Crippen molar-refractivity contribution in [1.82, 2.24) is 0 Å². The van der Waals surface area contributed by atoms with E-state index in [1.54, 1.807) is 60.7 Å². The summed E-state index contributed by atoms with van der Waals surface area (Å²) in [5.41, 5.74) is 0.770. The molecule has 0 radical (unpaired) electrons. The monoisotopic (exact) mass is 426 g/mol. The van der Waals surface area contributed by atoms with Gasteiger partial charge in [-0.2, -0.15) is 0 Å². The Hall–Kier alpha value is -3.52. The number of rotatable bonds is 8. The number of hydrogen-bond donors (Lipinski definition) is 1. The number of nitrogens with one attached hydrogen (secondary N) is 1. The smallest absolute Gasteiger partial charge is 0.245 e. The Morgan fingerprint density at radius 1 is 0.933 bits per heavy atom. The van der Waals surface area contributed by atoms with Gasteiger partial charge in [-0.3, -0.25) is 9.10 Å². The molecule has 7 nitrogen and oxygen atoms in total. The van der Waals surface area contributed by atoms with Gasteiger partial charge in [0, 0.05) is 11.8 Å². The van der Waals surface area contributed by atoms with Crippen molar-refractivity contribution >= 4 is 27.3 Å². The van der Waals surface area contributed by atoms with Crippen LogP contribution in [0.5, 0.6) is 17.2 Å². The number of methoxy groups -OCH3 is 1. The molecule has 156 valence electrons. The maximum absolute atomic E-state index is 12.6. The van der Waals surface area contributed by atoms with Crippen molar-refractivity contribution in [2.24, 2.45) is 0 Å². The van der Waals surface area contributed by atoms with Crippen molar-refractivity contribution in [1.29, 1.82) is 0 Å². The average Bonchev–Trinajstić information content (AvgIpc) is 2.73. The van der Waals surface area contributed by atoms with E-state index in [-0.39, 0.29) is 5.69 Å².